The Bertz CT molecular complexity index is 819. The average Bonchev–Trinajstić information content (AvgIpc) is 2.48. The van der Waals surface area contributed by atoms with Crippen molar-refractivity contribution in [3.8, 4) is 0 Å². The van der Waals surface area contributed by atoms with E-state index in [0.717, 1.165) is 5.39 Å². The summed E-state index contributed by atoms with van der Waals surface area (Å²) in [7, 11) is 0. The maximum Gasteiger partial charge on any atom is 0.257 e. The van der Waals surface area contributed by atoms with Gasteiger partial charge in [-0.2, -0.15) is 0 Å². The van der Waals surface area contributed by atoms with Crippen molar-refractivity contribution in [1.82, 2.24) is 15.0 Å². The van der Waals surface area contributed by atoms with Crippen molar-refractivity contribution < 1.29 is 4.79 Å². The Kier molecular flexibility index (Phi) is 3.49. The quantitative estimate of drug-likeness (QED) is 0.745. The maximum absolute atomic E-state index is 12.4. The number of anilines is 2. The Labute approximate surface area is 128 Å². The number of carbonyl (C=O) groups is 1. The Morgan fingerprint density at radius 2 is 2.00 bits per heavy atom. The first-order valence-electron chi connectivity index (χ1n) is 6.07. The Morgan fingerprint density at radius 1 is 1.19 bits per heavy atom. The average molecular weight is 344 g/mol. The van der Waals surface area contributed by atoms with Crippen LogP contribution in [0.4, 0.5) is 11.6 Å². The molecule has 0 unspecified atom stereocenters. The van der Waals surface area contributed by atoms with Gasteiger partial charge in [0.25, 0.3) is 5.91 Å². The molecule has 0 bridgehead atoms. The lowest BCUT2D eigenvalue weighted by Crippen LogP contribution is -2.14. The first-order valence-corrected chi connectivity index (χ1v) is 6.87. The largest absolute Gasteiger partial charge is 0.384 e. The summed E-state index contributed by atoms with van der Waals surface area (Å²) in [6.07, 6.45) is 2.98. The van der Waals surface area contributed by atoms with E-state index in [4.69, 9.17) is 5.73 Å². The highest BCUT2D eigenvalue weighted by molar-refractivity contribution is 9.10. The van der Waals surface area contributed by atoms with Gasteiger partial charge < -0.3 is 11.1 Å². The Morgan fingerprint density at radius 3 is 2.76 bits per heavy atom. The van der Waals surface area contributed by atoms with E-state index >= 15 is 0 Å². The van der Waals surface area contributed by atoms with Gasteiger partial charge in [-0.05, 0) is 28.1 Å². The number of nitrogen functional groups attached to an aromatic ring is 1. The lowest BCUT2D eigenvalue weighted by molar-refractivity contribution is 0.102. The molecule has 0 aliphatic rings. The monoisotopic (exact) mass is 343 g/mol. The highest BCUT2D eigenvalue weighted by Crippen LogP contribution is 2.20. The molecule has 3 N–H and O–H groups in total. The third-order valence-corrected chi connectivity index (χ3v) is 3.25. The van der Waals surface area contributed by atoms with Crippen LogP contribution in [0.15, 0.2) is 47.3 Å². The zero-order valence-electron chi connectivity index (χ0n) is 10.7. The Hall–Kier alpha value is -2.54. The number of nitrogens with one attached hydrogen (secondary N) is 1. The van der Waals surface area contributed by atoms with E-state index in [9.17, 15) is 4.79 Å². The van der Waals surface area contributed by atoms with Gasteiger partial charge in [-0.25, -0.2) is 15.0 Å². The van der Waals surface area contributed by atoms with Crippen LogP contribution < -0.4 is 11.1 Å². The molecule has 0 spiro atoms. The second-order valence-electron chi connectivity index (χ2n) is 4.29. The number of nitrogens with two attached hydrogens (primary N) is 1. The molecule has 21 heavy (non-hydrogen) atoms. The van der Waals surface area contributed by atoms with Crippen LogP contribution in [0, 0.1) is 0 Å². The summed E-state index contributed by atoms with van der Waals surface area (Å²) in [6.45, 7) is 0. The predicted octanol–water partition coefficient (Wildman–Crippen LogP) is 2.62. The molecule has 0 aliphatic carbocycles. The summed E-state index contributed by atoms with van der Waals surface area (Å²) in [5.41, 5.74) is 6.87. The van der Waals surface area contributed by atoms with E-state index in [1.165, 1.54) is 12.4 Å². The molecular formula is C14H10BrN5O. The number of fused-ring (bicyclic) bond motifs is 1. The number of para-hydroxylation sites is 1. The molecule has 6 nitrogen and oxygen atoms in total. The van der Waals surface area contributed by atoms with Crippen LogP contribution in [-0.4, -0.2) is 20.9 Å². The fourth-order valence-corrected chi connectivity index (χ4v) is 2.15. The van der Waals surface area contributed by atoms with Crippen LogP contribution in [-0.2, 0) is 0 Å². The van der Waals surface area contributed by atoms with Crippen LogP contribution in [0.3, 0.4) is 0 Å². The molecule has 0 saturated heterocycles. The SMILES string of the molecule is Nc1cc(C(=O)Nc2cnc(Br)cn2)c2ccccc2n1. The maximum atomic E-state index is 12.4. The fourth-order valence-electron chi connectivity index (χ4n) is 1.94. The number of amides is 1. The van der Waals surface area contributed by atoms with Crippen LogP contribution in [0.2, 0.25) is 0 Å². The van der Waals surface area contributed by atoms with E-state index in [-0.39, 0.29) is 5.91 Å². The first-order chi connectivity index (χ1) is 10.1. The first kappa shape index (κ1) is 13.4. The van der Waals surface area contributed by atoms with Crippen molar-refractivity contribution in [3.05, 3.63) is 52.9 Å². The normalized spacial score (nSPS) is 10.5. The molecule has 0 saturated carbocycles. The second-order valence-corrected chi connectivity index (χ2v) is 5.10. The molecule has 104 valence electrons. The molecule has 3 rings (SSSR count). The summed E-state index contributed by atoms with van der Waals surface area (Å²) in [5.74, 6) is 0.348. The number of hydrogen-bond acceptors (Lipinski definition) is 5. The summed E-state index contributed by atoms with van der Waals surface area (Å²) >= 11 is 3.19. The smallest absolute Gasteiger partial charge is 0.257 e. The number of benzene rings is 1. The van der Waals surface area contributed by atoms with Gasteiger partial charge in [-0.3, -0.25) is 4.79 Å². The molecule has 0 aliphatic heterocycles. The van der Waals surface area contributed by atoms with Crippen LogP contribution in [0.1, 0.15) is 10.4 Å². The Balaban J connectivity index is 1.99. The van der Waals surface area contributed by atoms with E-state index in [1.807, 2.05) is 24.3 Å². The van der Waals surface area contributed by atoms with Crippen LogP contribution in [0.5, 0.6) is 0 Å². The molecule has 1 amide bonds. The molecule has 1 aromatic carbocycles. The van der Waals surface area contributed by atoms with Gasteiger partial charge in [0.15, 0.2) is 5.82 Å². The van der Waals surface area contributed by atoms with E-state index in [1.54, 1.807) is 6.07 Å². The highest BCUT2D eigenvalue weighted by Gasteiger charge is 2.13. The van der Waals surface area contributed by atoms with Crippen molar-refractivity contribution in [1.29, 1.82) is 0 Å². The second kappa shape index (κ2) is 5.45. The summed E-state index contributed by atoms with van der Waals surface area (Å²) in [4.78, 5) is 24.7. The molecule has 2 aromatic heterocycles. The van der Waals surface area contributed by atoms with Gasteiger partial charge in [-0.1, -0.05) is 18.2 Å². The standard InChI is InChI=1S/C14H10BrN5O/c15-11-6-18-13(7-17-11)20-14(21)9-5-12(16)19-10-4-2-1-3-8(9)10/h1-7H,(H2,16,19)(H,18,20,21). The van der Waals surface area contributed by atoms with Gasteiger partial charge in [0, 0.05) is 5.39 Å². The lowest BCUT2D eigenvalue weighted by atomic mass is 10.1. The lowest BCUT2D eigenvalue weighted by Gasteiger charge is -2.08. The van der Waals surface area contributed by atoms with Crippen molar-refractivity contribution >= 4 is 44.4 Å². The molecule has 0 radical (unpaired) electrons. The van der Waals surface area contributed by atoms with Gasteiger partial charge in [0.2, 0.25) is 0 Å². The summed E-state index contributed by atoms with van der Waals surface area (Å²) in [6, 6.07) is 8.86. The van der Waals surface area contributed by atoms with Crippen molar-refractivity contribution in [2.75, 3.05) is 11.1 Å². The molecule has 3 aromatic rings. The zero-order valence-corrected chi connectivity index (χ0v) is 12.3. The number of halogens is 1. The van der Waals surface area contributed by atoms with Crippen molar-refractivity contribution in [3.63, 3.8) is 0 Å². The molecular weight excluding hydrogens is 334 g/mol. The minimum Gasteiger partial charge on any atom is -0.384 e. The molecule has 7 heteroatoms. The fraction of sp³-hybridized carbons (Fsp3) is 0. The number of nitrogens with zero attached hydrogens (tertiary/aromatic N) is 3. The highest BCUT2D eigenvalue weighted by atomic mass is 79.9. The van der Waals surface area contributed by atoms with Crippen molar-refractivity contribution in [2.24, 2.45) is 0 Å². The number of hydrogen-bond donors (Lipinski definition) is 2. The topological polar surface area (TPSA) is 93.8 Å². The molecule has 0 atom stereocenters. The van der Waals surface area contributed by atoms with Crippen LogP contribution in [0.25, 0.3) is 10.9 Å². The minimum atomic E-state index is -0.308. The van der Waals surface area contributed by atoms with E-state index < -0.39 is 0 Å². The van der Waals surface area contributed by atoms with Gasteiger partial charge in [0.05, 0.1) is 23.5 Å². The van der Waals surface area contributed by atoms with Gasteiger partial charge in [-0.15, -0.1) is 0 Å². The molecule has 0 fully saturated rings. The number of pyridine rings is 1. The van der Waals surface area contributed by atoms with Gasteiger partial charge >= 0.3 is 0 Å². The molecule has 2 heterocycles. The van der Waals surface area contributed by atoms with E-state index in [0.29, 0.717) is 27.3 Å². The number of rotatable bonds is 2. The zero-order chi connectivity index (χ0) is 14.8. The summed E-state index contributed by atoms with van der Waals surface area (Å²) < 4.78 is 0.596. The third kappa shape index (κ3) is 2.82. The third-order valence-electron chi connectivity index (χ3n) is 2.84. The van der Waals surface area contributed by atoms with Crippen molar-refractivity contribution in [2.45, 2.75) is 0 Å². The predicted molar refractivity (Wildman–Crippen MR) is 83.8 cm³/mol. The summed E-state index contributed by atoms with van der Waals surface area (Å²) in [5, 5.41) is 3.42. The number of carbonyl (C=O) groups excluding carboxylic acids is 1. The minimum absolute atomic E-state index is 0.292. The van der Waals surface area contributed by atoms with E-state index in [2.05, 4.69) is 36.2 Å². The van der Waals surface area contributed by atoms with Gasteiger partial charge in [0.1, 0.15) is 10.4 Å². The number of aromatic nitrogens is 3. The van der Waals surface area contributed by atoms with Crippen LogP contribution >= 0.6 is 15.9 Å².